The molecule has 2 aromatic rings. The number of ether oxygens (including phenoxy) is 1. The molecule has 0 aliphatic rings. The number of nitrogens with zero attached hydrogens (tertiary/aromatic N) is 2. The van der Waals surface area contributed by atoms with Crippen molar-refractivity contribution >= 4 is 17.4 Å². The SMILES string of the molecule is COc1cc(C)c(-c2nn(C)c(N)c2C)cc1Cl. The molecule has 1 aromatic carbocycles. The molecular formula is C13H16ClN3O. The first-order valence-electron chi connectivity index (χ1n) is 5.59. The average molecular weight is 266 g/mol. The van der Waals surface area contributed by atoms with E-state index in [2.05, 4.69) is 5.10 Å². The summed E-state index contributed by atoms with van der Waals surface area (Å²) in [6.45, 7) is 3.95. The van der Waals surface area contributed by atoms with Crippen molar-refractivity contribution in [2.75, 3.05) is 12.8 Å². The van der Waals surface area contributed by atoms with E-state index < -0.39 is 0 Å². The molecule has 0 atom stereocenters. The Morgan fingerprint density at radius 3 is 2.50 bits per heavy atom. The van der Waals surface area contributed by atoms with Gasteiger partial charge in [-0.3, -0.25) is 4.68 Å². The first-order chi connectivity index (χ1) is 8.45. The standard InChI is InChI=1S/C13H16ClN3O/c1-7-5-11(18-4)10(14)6-9(7)12-8(2)13(15)17(3)16-12/h5-6H,15H2,1-4H3. The molecule has 0 fully saturated rings. The third kappa shape index (κ3) is 1.93. The fourth-order valence-electron chi connectivity index (χ4n) is 1.97. The minimum Gasteiger partial charge on any atom is -0.495 e. The zero-order chi connectivity index (χ0) is 13.4. The zero-order valence-corrected chi connectivity index (χ0v) is 11.7. The largest absolute Gasteiger partial charge is 0.495 e. The molecule has 2 rings (SSSR count). The van der Waals surface area contributed by atoms with Gasteiger partial charge in [0.15, 0.2) is 0 Å². The van der Waals surface area contributed by atoms with Crippen LogP contribution in [0.4, 0.5) is 5.82 Å². The third-order valence-electron chi connectivity index (χ3n) is 3.09. The van der Waals surface area contributed by atoms with Crippen LogP contribution in [0.25, 0.3) is 11.3 Å². The van der Waals surface area contributed by atoms with Crippen LogP contribution in [0.15, 0.2) is 12.1 Å². The van der Waals surface area contributed by atoms with E-state index in [1.54, 1.807) is 11.8 Å². The molecule has 4 nitrogen and oxygen atoms in total. The Balaban J connectivity index is 2.64. The smallest absolute Gasteiger partial charge is 0.137 e. The lowest BCUT2D eigenvalue weighted by molar-refractivity contribution is 0.415. The maximum atomic E-state index is 6.16. The summed E-state index contributed by atoms with van der Waals surface area (Å²) in [7, 11) is 3.43. The second-order valence-electron chi connectivity index (χ2n) is 4.28. The van der Waals surface area contributed by atoms with Gasteiger partial charge in [0, 0.05) is 18.2 Å². The summed E-state index contributed by atoms with van der Waals surface area (Å²) in [5.41, 5.74) is 9.78. The van der Waals surface area contributed by atoms with E-state index in [0.29, 0.717) is 16.6 Å². The summed E-state index contributed by atoms with van der Waals surface area (Å²) in [6.07, 6.45) is 0. The van der Waals surface area contributed by atoms with Crippen molar-refractivity contribution in [1.29, 1.82) is 0 Å². The van der Waals surface area contributed by atoms with Gasteiger partial charge in [0.2, 0.25) is 0 Å². The van der Waals surface area contributed by atoms with Gasteiger partial charge in [-0.2, -0.15) is 5.10 Å². The predicted molar refractivity (Wildman–Crippen MR) is 74.1 cm³/mol. The Labute approximate surface area is 111 Å². The van der Waals surface area contributed by atoms with E-state index in [1.165, 1.54) is 0 Å². The topological polar surface area (TPSA) is 53.1 Å². The summed E-state index contributed by atoms with van der Waals surface area (Å²) < 4.78 is 6.86. The summed E-state index contributed by atoms with van der Waals surface area (Å²) >= 11 is 6.16. The summed E-state index contributed by atoms with van der Waals surface area (Å²) in [5.74, 6) is 1.33. The van der Waals surface area contributed by atoms with Crippen LogP contribution in [0.5, 0.6) is 5.75 Å². The van der Waals surface area contributed by atoms with Crippen LogP contribution in [0.2, 0.25) is 5.02 Å². The van der Waals surface area contributed by atoms with Gasteiger partial charge in [-0.25, -0.2) is 0 Å². The number of benzene rings is 1. The number of aryl methyl sites for hydroxylation is 2. The Hall–Kier alpha value is -1.68. The highest BCUT2D eigenvalue weighted by atomic mass is 35.5. The molecule has 1 heterocycles. The van der Waals surface area contributed by atoms with Gasteiger partial charge in [0.05, 0.1) is 17.8 Å². The van der Waals surface area contributed by atoms with Gasteiger partial charge >= 0.3 is 0 Å². The van der Waals surface area contributed by atoms with Crippen LogP contribution in [-0.4, -0.2) is 16.9 Å². The second-order valence-corrected chi connectivity index (χ2v) is 4.69. The predicted octanol–water partition coefficient (Wildman–Crippen LogP) is 2.95. The molecule has 5 heteroatoms. The number of anilines is 1. The molecule has 18 heavy (non-hydrogen) atoms. The molecule has 0 saturated carbocycles. The first-order valence-corrected chi connectivity index (χ1v) is 5.97. The monoisotopic (exact) mass is 265 g/mol. The summed E-state index contributed by atoms with van der Waals surface area (Å²) in [5, 5.41) is 5.00. The van der Waals surface area contributed by atoms with Crippen molar-refractivity contribution in [1.82, 2.24) is 9.78 Å². The Morgan fingerprint density at radius 2 is 2.00 bits per heavy atom. The number of aromatic nitrogens is 2. The second kappa shape index (κ2) is 4.53. The molecule has 0 aliphatic carbocycles. The van der Waals surface area contributed by atoms with E-state index in [-0.39, 0.29) is 0 Å². The fourth-order valence-corrected chi connectivity index (χ4v) is 2.21. The van der Waals surface area contributed by atoms with Gasteiger partial charge in [-0.1, -0.05) is 11.6 Å². The molecule has 1 aromatic heterocycles. The highest BCUT2D eigenvalue weighted by Crippen LogP contribution is 2.35. The highest BCUT2D eigenvalue weighted by Gasteiger charge is 2.15. The lowest BCUT2D eigenvalue weighted by Gasteiger charge is -2.09. The minimum atomic E-state index is 0.571. The molecule has 2 N–H and O–H groups in total. The summed E-state index contributed by atoms with van der Waals surface area (Å²) in [4.78, 5) is 0. The van der Waals surface area contributed by atoms with Crippen LogP contribution < -0.4 is 10.5 Å². The van der Waals surface area contributed by atoms with Crippen molar-refractivity contribution in [2.24, 2.45) is 7.05 Å². The molecule has 0 radical (unpaired) electrons. The fraction of sp³-hybridized carbons (Fsp3) is 0.308. The molecular weight excluding hydrogens is 250 g/mol. The maximum absolute atomic E-state index is 6.16. The van der Waals surface area contributed by atoms with Crippen molar-refractivity contribution in [3.8, 4) is 17.0 Å². The quantitative estimate of drug-likeness (QED) is 0.908. The molecule has 0 spiro atoms. The average Bonchev–Trinajstić information content (AvgIpc) is 2.59. The van der Waals surface area contributed by atoms with Crippen LogP contribution in [-0.2, 0) is 7.05 Å². The van der Waals surface area contributed by atoms with Gasteiger partial charge in [-0.15, -0.1) is 0 Å². The van der Waals surface area contributed by atoms with Gasteiger partial charge in [0.25, 0.3) is 0 Å². The number of methoxy groups -OCH3 is 1. The number of hydrogen-bond donors (Lipinski definition) is 1. The molecule has 0 saturated heterocycles. The lowest BCUT2D eigenvalue weighted by atomic mass is 10.0. The molecule has 96 valence electrons. The van der Waals surface area contributed by atoms with E-state index in [0.717, 1.165) is 22.4 Å². The van der Waals surface area contributed by atoms with E-state index in [4.69, 9.17) is 22.1 Å². The Bertz CT molecular complexity index is 605. The number of nitrogens with two attached hydrogens (primary N) is 1. The third-order valence-corrected chi connectivity index (χ3v) is 3.39. The Kier molecular flexibility index (Phi) is 3.22. The van der Waals surface area contributed by atoms with Gasteiger partial charge < -0.3 is 10.5 Å². The van der Waals surface area contributed by atoms with Crippen LogP contribution in [0.3, 0.4) is 0 Å². The zero-order valence-electron chi connectivity index (χ0n) is 10.9. The van der Waals surface area contributed by atoms with Crippen LogP contribution >= 0.6 is 11.6 Å². The van der Waals surface area contributed by atoms with E-state index >= 15 is 0 Å². The number of nitrogen functional groups attached to an aromatic ring is 1. The first kappa shape index (κ1) is 12.8. The van der Waals surface area contributed by atoms with Crippen LogP contribution in [0.1, 0.15) is 11.1 Å². The van der Waals surface area contributed by atoms with Crippen LogP contribution in [0, 0.1) is 13.8 Å². The molecule has 0 bridgehead atoms. The molecule has 0 unspecified atom stereocenters. The van der Waals surface area contributed by atoms with Crippen molar-refractivity contribution < 1.29 is 4.74 Å². The number of halogens is 1. The van der Waals surface area contributed by atoms with Gasteiger partial charge in [-0.05, 0) is 31.5 Å². The van der Waals surface area contributed by atoms with Crippen molar-refractivity contribution in [3.05, 3.63) is 28.3 Å². The highest BCUT2D eigenvalue weighted by molar-refractivity contribution is 6.32. The normalized spacial score (nSPS) is 10.7. The maximum Gasteiger partial charge on any atom is 0.137 e. The van der Waals surface area contributed by atoms with E-state index in [1.807, 2.05) is 33.0 Å². The minimum absolute atomic E-state index is 0.571. The Morgan fingerprint density at radius 1 is 1.33 bits per heavy atom. The number of rotatable bonds is 2. The summed E-state index contributed by atoms with van der Waals surface area (Å²) in [6, 6.07) is 3.77. The van der Waals surface area contributed by atoms with Crippen molar-refractivity contribution in [3.63, 3.8) is 0 Å². The number of hydrogen-bond acceptors (Lipinski definition) is 3. The lowest BCUT2D eigenvalue weighted by Crippen LogP contribution is -1.97. The molecule has 0 amide bonds. The van der Waals surface area contributed by atoms with E-state index in [9.17, 15) is 0 Å². The van der Waals surface area contributed by atoms with Gasteiger partial charge in [0.1, 0.15) is 11.6 Å². The van der Waals surface area contributed by atoms with Crippen molar-refractivity contribution in [2.45, 2.75) is 13.8 Å². The molecule has 0 aliphatic heterocycles.